The van der Waals surface area contributed by atoms with Crippen molar-refractivity contribution in [3.8, 4) is 6.19 Å². The zero-order valence-corrected chi connectivity index (χ0v) is 8.40. The molecule has 1 N–H and O–H groups in total. The summed E-state index contributed by atoms with van der Waals surface area (Å²) in [6.45, 7) is 0. The molecule has 0 aromatic heterocycles. The summed E-state index contributed by atoms with van der Waals surface area (Å²) in [5.41, 5.74) is 0. The third-order valence-corrected chi connectivity index (χ3v) is 2.88. The van der Waals surface area contributed by atoms with Crippen LogP contribution in [-0.2, 0) is 10.0 Å². The monoisotopic (exact) mass is 188 g/mol. The van der Waals surface area contributed by atoms with Crippen molar-refractivity contribution in [2.75, 3.05) is 0 Å². The number of nitriles is 1. The third kappa shape index (κ3) is 2.62. The quantitative estimate of drug-likeness (QED) is 0.357. The predicted octanol–water partition coefficient (Wildman–Crippen LogP) is -0.607. The first-order valence-electron chi connectivity index (χ1n) is 2.56. The van der Waals surface area contributed by atoms with Crippen molar-refractivity contribution < 1.29 is 11.3 Å². The zero-order valence-electron chi connectivity index (χ0n) is 7.37. The molecule has 0 spiro atoms. The molecule has 54 valence electrons. The van der Waals surface area contributed by atoms with Gasteiger partial charge in [0.25, 0.3) is 0 Å². The second-order valence-electron chi connectivity index (χ2n) is 1.96. The molecule has 10 heavy (non-hydrogen) atoms. The molecular formula is C4H8CaN2O2S. The molecule has 1 aliphatic carbocycles. The van der Waals surface area contributed by atoms with E-state index in [0.717, 1.165) is 0 Å². The van der Waals surface area contributed by atoms with Crippen molar-refractivity contribution >= 4 is 47.8 Å². The molecule has 1 aliphatic rings. The zero-order chi connectivity index (χ0) is 6.91. The fourth-order valence-electron chi connectivity index (χ4n) is 0.525. The van der Waals surface area contributed by atoms with E-state index in [1.807, 2.05) is 0 Å². The molecule has 0 atom stereocenters. The van der Waals surface area contributed by atoms with Gasteiger partial charge in [-0.2, -0.15) is 5.26 Å². The minimum atomic E-state index is -3.25. The summed E-state index contributed by atoms with van der Waals surface area (Å²) in [6, 6.07) is 0. The Kier molecular flexibility index (Phi) is 3.95. The van der Waals surface area contributed by atoms with E-state index in [1.165, 1.54) is 6.19 Å². The van der Waals surface area contributed by atoms with Crippen molar-refractivity contribution in [1.82, 2.24) is 4.72 Å². The number of sulfonamides is 1. The van der Waals surface area contributed by atoms with Gasteiger partial charge in [0.1, 0.15) is 0 Å². The minimum Gasteiger partial charge on any atom is -1.00 e. The molecule has 0 bridgehead atoms. The summed E-state index contributed by atoms with van der Waals surface area (Å²) < 4.78 is 23.1. The van der Waals surface area contributed by atoms with E-state index in [1.54, 1.807) is 4.72 Å². The summed E-state index contributed by atoms with van der Waals surface area (Å²) in [5, 5.41) is 7.64. The largest absolute Gasteiger partial charge is 2.00 e. The first-order valence-corrected chi connectivity index (χ1v) is 4.11. The molecule has 1 saturated carbocycles. The van der Waals surface area contributed by atoms with Gasteiger partial charge in [-0.25, -0.2) is 13.1 Å². The van der Waals surface area contributed by atoms with Crippen LogP contribution in [0.5, 0.6) is 0 Å². The van der Waals surface area contributed by atoms with Crippen LogP contribution >= 0.6 is 0 Å². The second kappa shape index (κ2) is 3.77. The average molecular weight is 188 g/mol. The van der Waals surface area contributed by atoms with Crippen LogP contribution in [-0.4, -0.2) is 51.4 Å². The Morgan fingerprint density at radius 2 is 2.10 bits per heavy atom. The van der Waals surface area contributed by atoms with E-state index in [9.17, 15) is 8.42 Å². The Labute approximate surface area is 92.6 Å². The molecule has 0 aromatic carbocycles. The first kappa shape index (κ1) is 10.5. The van der Waals surface area contributed by atoms with Gasteiger partial charge in [-0.3, -0.25) is 0 Å². The molecule has 4 nitrogen and oxygen atoms in total. The standard InChI is InChI=1S/C4H6N2O2S.Ca.2H/c5-3-6-9(7,8)4-1-2-4;;;/h4,6H,1-2H2;;;/q;+2;2*-1. The molecule has 0 heterocycles. The van der Waals surface area contributed by atoms with Gasteiger partial charge in [0.05, 0.1) is 5.25 Å². The smallest absolute Gasteiger partial charge is 1.00 e. The fraction of sp³-hybridized carbons (Fsp3) is 0.750. The van der Waals surface area contributed by atoms with Crippen LogP contribution in [0.25, 0.3) is 0 Å². The van der Waals surface area contributed by atoms with Gasteiger partial charge in [-0.05, 0) is 12.8 Å². The fourth-order valence-corrected chi connectivity index (χ4v) is 1.58. The van der Waals surface area contributed by atoms with Gasteiger partial charge >= 0.3 is 37.7 Å². The maximum atomic E-state index is 10.7. The normalized spacial score (nSPS) is 16.7. The third-order valence-electron chi connectivity index (χ3n) is 1.15. The maximum Gasteiger partial charge on any atom is 2.00 e. The number of nitrogens with zero attached hydrogens (tertiary/aromatic N) is 1. The van der Waals surface area contributed by atoms with Crippen LogP contribution in [0.2, 0.25) is 0 Å². The van der Waals surface area contributed by atoms with Crippen molar-refractivity contribution in [3.63, 3.8) is 0 Å². The number of nitrogens with one attached hydrogen (secondary N) is 1. The van der Waals surface area contributed by atoms with Gasteiger partial charge in [0.15, 0.2) is 6.19 Å². The van der Waals surface area contributed by atoms with Gasteiger partial charge in [-0.1, -0.05) is 0 Å². The summed E-state index contributed by atoms with van der Waals surface area (Å²) >= 11 is 0. The summed E-state index contributed by atoms with van der Waals surface area (Å²) in [7, 11) is -3.25. The molecule has 1 fully saturated rings. The second-order valence-corrected chi connectivity index (χ2v) is 3.92. The van der Waals surface area contributed by atoms with E-state index in [2.05, 4.69) is 0 Å². The molecule has 0 radical (unpaired) electrons. The van der Waals surface area contributed by atoms with Gasteiger partial charge < -0.3 is 2.85 Å². The molecule has 0 unspecified atom stereocenters. The number of rotatable bonds is 2. The predicted molar refractivity (Wildman–Crippen MR) is 38.7 cm³/mol. The molecule has 0 aromatic rings. The topological polar surface area (TPSA) is 70.0 Å². The molecular weight excluding hydrogens is 180 g/mol. The number of hydrogen-bond acceptors (Lipinski definition) is 3. The Hall–Kier alpha value is 0.500. The van der Waals surface area contributed by atoms with E-state index in [4.69, 9.17) is 5.26 Å². The van der Waals surface area contributed by atoms with Crippen molar-refractivity contribution in [3.05, 3.63) is 0 Å². The summed E-state index contributed by atoms with van der Waals surface area (Å²) in [4.78, 5) is 0. The van der Waals surface area contributed by atoms with Crippen LogP contribution in [0.4, 0.5) is 0 Å². The van der Waals surface area contributed by atoms with Gasteiger partial charge in [0.2, 0.25) is 10.0 Å². The molecule has 0 amide bonds. The van der Waals surface area contributed by atoms with Crippen LogP contribution in [0.3, 0.4) is 0 Å². The van der Waals surface area contributed by atoms with Gasteiger partial charge in [0, 0.05) is 0 Å². The van der Waals surface area contributed by atoms with Crippen molar-refractivity contribution in [1.29, 1.82) is 5.26 Å². The SMILES string of the molecule is N#CNS(=O)(=O)C1CC1.[Ca+2].[H-].[H-]. The van der Waals surface area contributed by atoms with Crippen LogP contribution < -0.4 is 4.72 Å². The van der Waals surface area contributed by atoms with Gasteiger partial charge in [-0.15, -0.1) is 0 Å². The van der Waals surface area contributed by atoms with E-state index >= 15 is 0 Å². The molecule has 0 saturated heterocycles. The Bertz CT molecular complexity index is 246. The van der Waals surface area contributed by atoms with E-state index in [-0.39, 0.29) is 45.8 Å². The van der Waals surface area contributed by atoms with Crippen molar-refractivity contribution in [2.45, 2.75) is 18.1 Å². The maximum absolute atomic E-state index is 10.7. The first-order chi connectivity index (χ1) is 4.17. The Morgan fingerprint density at radius 3 is 2.40 bits per heavy atom. The van der Waals surface area contributed by atoms with E-state index in [0.29, 0.717) is 12.8 Å². The average Bonchev–Trinajstić information content (AvgIpc) is 2.41. The summed E-state index contributed by atoms with van der Waals surface area (Å²) in [6.07, 6.45) is 2.77. The molecule has 1 rings (SSSR count). The Balaban J connectivity index is -0.000000270. The minimum absolute atomic E-state index is 0. The van der Waals surface area contributed by atoms with E-state index < -0.39 is 10.0 Å². The molecule has 6 heteroatoms. The van der Waals surface area contributed by atoms with Crippen LogP contribution in [0, 0.1) is 11.5 Å². The summed E-state index contributed by atoms with van der Waals surface area (Å²) in [5.74, 6) is 0. The van der Waals surface area contributed by atoms with Crippen LogP contribution in [0.1, 0.15) is 15.7 Å². The Morgan fingerprint density at radius 1 is 1.60 bits per heavy atom. The number of hydrogen-bond donors (Lipinski definition) is 1. The molecule has 0 aliphatic heterocycles. The van der Waals surface area contributed by atoms with Crippen LogP contribution in [0.15, 0.2) is 0 Å². The van der Waals surface area contributed by atoms with Crippen molar-refractivity contribution in [2.24, 2.45) is 0 Å².